The molecular formula is C28H36N2O4. The van der Waals surface area contributed by atoms with Crippen LogP contribution < -0.4 is 20.1 Å². The zero-order chi connectivity index (χ0) is 24.4. The van der Waals surface area contributed by atoms with Crippen molar-refractivity contribution < 1.29 is 19.1 Å². The van der Waals surface area contributed by atoms with Gasteiger partial charge in [0.15, 0.2) is 0 Å². The van der Waals surface area contributed by atoms with Gasteiger partial charge >= 0.3 is 0 Å². The van der Waals surface area contributed by atoms with Crippen molar-refractivity contribution in [3.05, 3.63) is 73.8 Å². The number of hydrogen-bond acceptors (Lipinski definition) is 4. The van der Waals surface area contributed by atoms with Crippen LogP contribution in [0.15, 0.2) is 73.8 Å². The van der Waals surface area contributed by atoms with Gasteiger partial charge in [-0.15, -0.1) is 0 Å². The Bertz CT molecular complexity index is 851. The van der Waals surface area contributed by atoms with Gasteiger partial charge in [-0.1, -0.05) is 63.1 Å². The van der Waals surface area contributed by atoms with Gasteiger partial charge in [0.25, 0.3) is 0 Å². The third kappa shape index (κ3) is 11.4. The molecule has 0 aromatic heterocycles. The lowest BCUT2D eigenvalue weighted by atomic mass is 10.1. The summed E-state index contributed by atoms with van der Waals surface area (Å²) in [6, 6.07) is 14.7. The average molecular weight is 465 g/mol. The fourth-order valence-electron chi connectivity index (χ4n) is 3.36. The summed E-state index contributed by atoms with van der Waals surface area (Å²) in [5, 5.41) is 5.83. The van der Waals surface area contributed by atoms with E-state index in [0.29, 0.717) is 37.6 Å². The second-order valence-electron chi connectivity index (χ2n) is 7.97. The highest BCUT2D eigenvalue weighted by atomic mass is 16.5. The average Bonchev–Trinajstić information content (AvgIpc) is 2.83. The summed E-state index contributed by atoms with van der Waals surface area (Å²) in [5.74, 6) is 1.43. The van der Waals surface area contributed by atoms with Crippen LogP contribution in [-0.4, -0.2) is 25.0 Å². The smallest absolute Gasteiger partial charge is 0.224 e. The van der Waals surface area contributed by atoms with E-state index in [0.717, 1.165) is 49.9 Å². The molecule has 0 spiro atoms. The molecule has 0 atom stereocenters. The summed E-state index contributed by atoms with van der Waals surface area (Å²) in [4.78, 5) is 24.3. The normalized spacial score (nSPS) is 10.2. The third-order valence-electron chi connectivity index (χ3n) is 5.03. The van der Waals surface area contributed by atoms with Crippen molar-refractivity contribution in [2.45, 2.75) is 51.4 Å². The number of carbonyl (C=O) groups excluding carboxylic acids is 2. The zero-order valence-electron chi connectivity index (χ0n) is 19.9. The first kappa shape index (κ1) is 26.7. The molecule has 2 rings (SSSR count). The minimum absolute atomic E-state index is 0.0107. The molecule has 0 saturated heterocycles. The van der Waals surface area contributed by atoms with E-state index in [1.54, 1.807) is 12.2 Å². The Morgan fingerprint density at radius 3 is 1.50 bits per heavy atom. The quantitative estimate of drug-likeness (QED) is 0.207. The van der Waals surface area contributed by atoms with Gasteiger partial charge in [0.1, 0.15) is 24.7 Å². The molecule has 2 N–H and O–H groups in total. The van der Waals surface area contributed by atoms with Crippen molar-refractivity contribution >= 4 is 23.2 Å². The summed E-state index contributed by atoms with van der Waals surface area (Å²) in [7, 11) is 0. The molecule has 0 unspecified atom stereocenters. The maximum absolute atomic E-state index is 12.1. The van der Waals surface area contributed by atoms with Crippen LogP contribution in [0, 0.1) is 0 Å². The Morgan fingerprint density at radius 2 is 1.09 bits per heavy atom. The molecule has 0 fully saturated rings. The summed E-state index contributed by atoms with van der Waals surface area (Å²) >= 11 is 0. The Labute approximate surface area is 203 Å². The van der Waals surface area contributed by atoms with Crippen LogP contribution in [0.4, 0.5) is 11.4 Å². The van der Waals surface area contributed by atoms with Gasteiger partial charge in [-0.2, -0.15) is 0 Å². The van der Waals surface area contributed by atoms with E-state index < -0.39 is 0 Å². The molecule has 0 saturated carbocycles. The zero-order valence-corrected chi connectivity index (χ0v) is 19.9. The number of unbranched alkanes of at least 4 members (excludes halogenated alkanes) is 5. The molecule has 2 aromatic rings. The first-order valence-electron chi connectivity index (χ1n) is 11.9. The van der Waals surface area contributed by atoms with E-state index in [1.807, 2.05) is 48.5 Å². The van der Waals surface area contributed by atoms with Crippen molar-refractivity contribution in [3.63, 3.8) is 0 Å². The summed E-state index contributed by atoms with van der Waals surface area (Å²) in [6.07, 6.45) is 10.2. The number of hydrogen-bond donors (Lipinski definition) is 2. The van der Waals surface area contributed by atoms with Crippen LogP contribution in [0.25, 0.3) is 0 Å². The highest BCUT2D eigenvalue weighted by Gasteiger charge is 2.05. The Morgan fingerprint density at radius 1 is 0.676 bits per heavy atom. The first-order chi connectivity index (χ1) is 16.6. The summed E-state index contributed by atoms with van der Waals surface area (Å²) in [5.41, 5.74) is 1.47. The van der Waals surface area contributed by atoms with Gasteiger partial charge in [-0.3, -0.25) is 9.59 Å². The van der Waals surface area contributed by atoms with Crippen molar-refractivity contribution in [1.29, 1.82) is 0 Å². The molecule has 0 heterocycles. The van der Waals surface area contributed by atoms with E-state index in [1.165, 1.54) is 0 Å². The number of benzene rings is 2. The van der Waals surface area contributed by atoms with Crippen molar-refractivity contribution in [3.8, 4) is 11.5 Å². The van der Waals surface area contributed by atoms with Gasteiger partial charge < -0.3 is 20.1 Å². The maximum atomic E-state index is 12.1. The largest absolute Gasteiger partial charge is 0.489 e. The molecule has 0 bridgehead atoms. The standard InChI is InChI=1S/C28H36N2O4/c1-3-19-33-25-15-11-13-23(21-25)29-27(31)17-9-7-5-6-8-10-18-28(32)30-24-14-12-16-26(22-24)34-20-4-2/h3-4,11-16,21-22H,1-2,5-10,17-20H2,(H,29,31)(H,30,32). The second-order valence-corrected chi connectivity index (χ2v) is 7.97. The topological polar surface area (TPSA) is 76.7 Å². The van der Waals surface area contributed by atoms with Gasteiger partial charge in [-0.05, 0) is 37.1 Å². The third-order valence-corrected chi connectivity index (χ3v) is 5.03. The Hall–Kier alpha value is -3.54. The van der Waals surface area contributed by atoms with Gasteiger partial charge in [0.05, 0.1) is 0 Å². The molecular weight excluding hydrogens is 428 g/mol. The first-order valence-corrected chi connectivity index (χ1v) is 11.9. The van der Waals surface area contributed by atoms with Crippen LogP contribution in [0.5, 0.6) is 11.5 Å². The van der Waals surface area contributed by atoms with Gasteiger partial charge in [0.2, 0.25) is 11.8 Å². The molecule has 34 heavy (non-hydrogen) atoms. The lowest BCUT2D eigenvalue weighted by Crippen LogP contribution is -2.11. The molecule has 2 aromatic carbocycles. The minimum Gasteiger partial charge on any atom is -0.489 e. The number of nitrogens with one attached hydrogen (secondary N) is 2. The van der Waals surface area contributed by atoms with Crippen LogP contribution >= 0.6 is 0 Å². The number of anilines is 2. The molecule has 0 aliphatic carbocycles. The number of rotatable bonds is 17. The fraction of sp³-hybridized carbons (Fsp3) is 0.357. The van der Waals surface area contributed by atoms with Crippen molar-refractivity contribution in [1.82, 2.24) is 0 Å². The van der Waals surface area contributed by atoms with Crippen molar-refractivity contribution in [2.24, 2.45) is 0 Å². The predicted molar refractivity (Wildman–Crippen MR) is 138 cm³/mol. The molecule has 6 heteroatoms. The van der Waals surface area contributed by atoms with Gasteiger partial charge in [0, 0.05) is 36.3 Å². The lowest BCUT2D eigenvalue weighted by Gasteiger charge is -2.08. The van der Waals surface area contributed by atoms with Crippen LogP contribution in [-0.2, 0) is 9.59 Å². The van der Waals surface area contributed by atoms with E-state index >= 15 is 0 Å². The molecule has 6 nitrogen and oxygen atoms in total. The molecule has 0 aliphatic heterocycles. The lowest BCUT2D eigenvalue weighted by molar-refractivity contribution is -0.117. The highest BCUT2D eigenvalue weighted by Crippen LogP contribution is 2.19. The maximum Gasteiger partial charge on any atom is 0.224 e. The highest BCUT2D eigenvalue weighted by molar-refractivity contribution is 5.91. The second kappa shape index (κ2) is 16.1. The molecule has 0 radical (unpaired) electrons. The summed E-state index contributed by atoms with van der Waals surface area (Å²) in [6.45, 7) is 8.12. The SMILES string of the molecule is C=CCOc1cccc(NC(=O)CCCCCCCCC(=O)Nc2cccc(OCC=C)c2)c1. The molecule has 2 amide bonds. The predicted octanol–water partition coefficient (Wildman–Crippen LogP) is 6.51. The molecule has 0 aliphatic rings. The van der Waals surface area contributed by atoms with E-state index in [9.17, 15) is 9.59 Å². The van der Waals surface area contributed by atoms with Crippen molar-refractivity contribution in [2.75, 3.05) is 23.8 Å². The van der Waals surface area contributed by atoms with Crippen LogP contribution in [0.1, 0.15) is 51.4 Å². The van der Waals surface area contributed by atoms with E-state index in [-0.39, 0.29) is 11.8 Å². The van der Waals surface area contributed by atoms with E-state index in [2.05, 4.69) is 23.8 Å². The Kier molecular flexibility index (Phi) is 12.7. The van der Waals surface area contributed by atoms with E-state index in [4.69, 9.17) is 9.47 Å². The van der Waals surface area contributed by atoms with Gasteiger partial charge in [-0.25, -0.2) is 0 Å². The number of amides is 2. The molecule has 182 valence electrons. The minimum atomic E-state index is 0.0107. The van der Waals surface area contributed by atoms with Crippen LogP contribution in [0.2, 0.25) is 0 Å². The fourth-order valence-corrected chi connectivity index (χ4v) is 3.36. The van der Waals surface area contributed by atoms with Crippen LogP contribution in [0.3, 0.4) is 0 Å². The Balaban J connectivity index is 1.51. The monoisotopic (exact) mass is 464 g/mol. The number of ether oxygens (including phenoxy) is 2. The number of carbonyl (C=O) groups is 2. The summed E-state index contributed by atoms with van der Waals surface area (Å²) < 4.78 is 11.0.